The average molecular weight is 322 g/mol. The van der Waals surface area contributed by atoms with Crippen molar-refractivity contribution < 1.29 is 9.90 Å². The van der Waals surface area contributed by atoms with Gasteiger partial charge in [-0.3, -0.25) is 4.79 Å². The molecule has 0 fully saturated rings. The highest BCUT2D eigenvalue weighted by atomic mass is 35.5. The Morgan fingerprint density at radius 2 is 2.27 bits per heavy atom. The van der Waals surface area contributed by atoms with E-state index in [0.29, 0.717) is 35.2 Å². The van der Waals surface area contributed by atoms with Gasteiger partial charge in [-0.05, 0) is 31.4 Å². The van der Waals surface area contributed by atoms with Gasteiger partial charge in [-0.1, -0.05) is 30.7 Å². The van der Waals surface area contributed by atoms with E-state index < -0.39 is 0 Å². The first-order valence-corrected chi connectivity index (χ1v) is 7.60. The summed E-state index contributed by atoms with van der Waals surface area (Å²) in [5.74, 6) is 0.626. The number of aromatic nitrogens is 2. The molecule has 0 bridgehead atoms. The summed E-state index contributed by atoms with van der Waals surface area (Å²) in [6.07, 6.45) is 0.660. The summed E-state index contributed by atoms with van der Waals surface area (Å²) in [6, 6.07) is 7.31. The van der Waals surface area contributed by atoms with Crippen molar-refractivity contribution in [3.8, 4) is 11.4 Å². The van der Waals surface area contributed by atoms with Crippen LogP contribution in [0.5, 0.6) is 0 Å². The molecule has 1 amide bonds. The molecule has 0 saturated heterocycles. The van der Waals surface area contributed by atoms with Crippen LogP contribution in [0.25, 0.3) is 11.4 Å². The van der Waals surface area contributed by atoms with Gasteiger partial charge in [-0.25, -0.2) is 4.98 Å². The molecular formula is C16H20ClN3O2. The van der Waals surface area contributed by atoms with Crippen LogP contribution in [0.4, 0.5) is 0 Å². The standard InChI is InChI=1S/C16H20ClN3O2/c1-10(6-7-21)9-18-16(22)14-11(2)19-15(20-14)12-4-3-5-13(17)8-12/h3-5,8,10,21H,6-7,9H2,1-2H3,(H,18,22)(H,19,20). The van der Waals surface area contributed by atoms with Crippen LogP contribution in [-0.4, -0.2) is 34.1 Å². The number of hydrogen-bond donors (Lipinski definition) is 3. The van der Waals surface area contributed by atoms with Crippen molar-refractivity contribution in [2.45, 2.75) is 20.3 Å². The van der Waals surface area contributed by atoms with Crippen molar-refractivity contribution in [2.24, 2.45) is 5.92 Å². The maximum absolute atomic E-state index is 12.2. The lowest BCUT2D eigenvalue weighted by Gasteiger charge is -2.10. The number of H-pyrrole nitrogens is 1. The van der Waals surface area contributed by atoms with Crippen LogP contribution in [0.2, 0.25) is 5.02 Å². The number of aliphatic hydroxyl groups excluding tert-OH is 1. The van der Waals surface area contributed by atoms with Gasteiger partial charge in [-0.2, -0.15) is 0 Å². The lowest BCUT2D eigenvalue weighted by Crippen LogP contribution is -2.29. The Kier molecular flexibility index (Phi) is 5.57. The van der Waals surface area contributed by atoms with E-state index in [-0.39, 0.29) is 18.4 Å². The van der Waals surface area contributed by atoms with Crippen molar-refractivity contribution in [1.82, 2.24) is 15.3 Å². The van der Waals surface area contributed by atoms with Crippen molar-refractivity contribution in [1.29, 1.82) is 0 Å². The highest BCUT2D eigenvalue weighted by Gasteiger charge is 2.16. The van der Waals surface area contributed by atoms with Gasteiger partial charge >= 0.3 is 0 Å². The second-order valence-electron chi connectivity index (χ2n) is 5.40. The lowest BCUT2D eigenvalue weighted by molar-refractivity contribution is 0.0940. The molecule has 3 N–H and O–H groups in total. The van der Waals surface area contributed by atoms with Crippen molar-refractivity contribution in [2.75, 3.05) is 13.2 Å². The number of carbonyl (C=O) groups is 1. The second-order valence-corrected chi connectivity index (χ2v) is 5.83. The molecule has 0 aliphatic heterocycles. The minimum atomic E-state index is -0.216. The zero-order valence-corrected chi connectivity index (χ0v) is 13.4. The van der Waals surface area contributed by atoms with Gasteiger partial charge in [0.2, 0.25) is 0 Å². The Balaban J connectivity index is 2.11. The Bertz CT molecular complexity index is 655. The molecule has 1 unspecified atom stereocenters. The molecule has 5 nitrogen and oxygen atoms in total. The van der Waals surface area contributed by atoms with Gasteiger partial charge in [0.15, 0.2) is 0 Å². The normalized spacial score (nSPS) is 12.2. The Hall–Kier alpha value is -1.85. The van der Waals surface area contributed by atoms with E-state index in [1.54, 1.807) is 12.1 Å². The van der Waals surface area contributed by atoms with E-state index in [1.165, 1.54) is 0 Å². The van der Waals surface area contributed by atoms with E-state index in [9.17, 15) is 4.79 Å². The van der Waals surface area contributed by atoms with Crippen LogP contribution < -0.4 is 5.32 Å². The molecule has 118 valence electrons. The highest BCUT2D eigenvalue weighted by Crippen LogP contribution is 2.21. The molecule has 0 saturated carbocycles. The van der Waals surface area contributed by atoms with E-state index in [0.717, 1.165) is 5.56 Å². The maximum Gasteiger partial charge on any atom is 0.271 e. The number of nitrogens with one attached hydrogen (secondary N) is 2. The predicted octanol–water partition coefficient (Wildman–Crippen LogP) is 2.79. The van der Waals surface area contributed by atoms with E-state index >= 15 is 0 Å². The minimum Gasteiger partial charge on any atom is -0.396 e. The van der Waals surface area contributed by atoms with Gasteiger partial charge in [0.1, 0.15) is 11.5 Å². The van der Waals surface area contributed by atoms with Gasteiger partial charge in [0.25, 0.3) is 5.91 Å². The third kappa shape index (κ3) is 4.08. The summed E-state index contributed by atoms with van der Waals surface area (Å²) in [5.41, 5.74) is 1.93. The third-order valence-electron chi connectivity index (χ3n) is 3.43. The molecule has 22 heavy (non-hydrogen) atoms. The fourth-order valence-electron chi connectivity index (χ4n) is 2.13. The topological polar surface area (TPSA) is 78.0 Å². The smallest absolute Gasteiger partial charge is 0.271 e. The quantitative estimate of drug-likeness (QED) is 0.765. The van der Waals surface area contributed by atoms with Crippen LogP contribution in [0.3, 0.4) is 0 Å². The van der Waals surface area contributed by atoms with Gasteiger partial charge in [-0.15, -0.1) is 0 Å². The zero-order chi connectivity index (χ0) is 16.1. The largest absolute Gasteiger partial charge is 0.396 e. The molecule has 2 aromatic rings. The van der Waals surface area contributed by atoms with E-state index in [4.69, 9.17) is 16.7 Å². The minimum absolute atomic E-state index is 0.122. The van der Waals surface area contributed by atoms with Gasteiger partial charge in [0.05, 0.1) is 0 Å². The summed E-state index contributed by atoms with van der Waals surface area (Å²) < 4.78 is 0. The SMILES string of the molecule is Cc1[nH]c(-c2cccc(Cl)c2)nc1C(=O)NCC(C)CCO. The summed E-state index contributed by atoms with van der Waals surface area (Å²) >= 11 is 5.98. The summed E-state index contributed by atoms with van der Waals surface area (Å²) in [7, 11) is 0. The highest BCUT2D eigenvalue weighted by molar-refractivity contribution is 6.30. The Labute approximate surface area is 134 Å². The van der Waals surface area contributed by atoms with Gasteiger partial charge < -0.3 is 15.4 Å². The molecule has 1 aromatic carbocycles. The average Bonchev–Trinajstić information content (AvgIpc) is 2.87. The molecule has 1 heterocycles. The van der Waals surface area contributed by atoms with Crippen LogP contribution in [0.15, 0.2) is 24.3 Å². The number of aromatic amines is 1. The lowest BCUT2D eigenvalue weighted by atomic mass is 10.1. The fraction of sp³-hybridized carbons (Fsp3) is 0.375. The first-order valence-electron chi connectivity index (χ1n) is 7.23. The molecule has 1 atom stereocenters. The predicted molar refractivity (Wildman–Crippen MR) is 87.0 cm³/mol. The number of hydrogen-bond acceptors (Lipinski definition) is 3. The number of aliphatic hydroxyl groups is 1. The first-order chi connectivity index (χ1) is 10.5. The fourth-order valence-corrected chi connectivity index (χ4v) is 2.32. The van der Waals surface area contributed by atoms with Crippen LogP contribution in [0, 0.1) is 12.8 Å². The molecular weight excluding hydrogens is 302 g/mol. The first kappa shape index (κ1) is 16.5. The number of aryl methyl sites for hydroxylation is 1. The Morgan fingerprint density at radius 1 is 1.50 bits per heavy atom. The van der Waals surface area contributed by atoms with Crippen molar-refractivity contribution in [3.05, 3.63) is 40.7 Å². The number of carbonyl (C=O) groups excluding carboxylic acids is 1. The number of rotatable bonds is 6. The third-order valence-corrected chi connectivity index (χ3v) is 3.67. The van der Waals surface area contributed by atoms with Gasteiger partial charge in [0, 0.05) is 29.4 Å². The molecule has 0 aliphatic rings. The van der Waals surface area contributed by atoms with E-state index in [2.05, 4.69) is 15.3 Å². The Morgan fingerprint density at radius 3 is 2.95 bits per heavy atom. The van der Waals surface area contributed by atoms with Crippen LogP contribution in [0.1, 0.15) is 29.5 Å². The summed E-state index contributed by atoms with van der Waals surface area (Å²) in [5, 5.41) is 12.3. The molecule has 2 rings (SSSR count). The summed E-state index contributed by atoms with van der Waals surface area (Å²) in [4.78, 5) is 19.7. The number of amides is 1. The van der Waals surface area contributed by atoms with Crippen LogP contribution >= 0.6 is 11.6 Å². The molecule has 0 aliphatic carbocycles. The maximum atomic E-state index is 12.2. The van der Waals surface area contributed by atoms with Crippen LogP contribution in [-0.2, 0) is 0 Å². The number of imidazole rings is 1. The summed E-state index contributed by atoms with van der Waals surface area (Å²) in [6.45, 7) is 4.42. The molecule has 0 radical (unpaired) electrons. The molecule has 6 heteroatoms. The second kappa shape index (κ2) is 7.42. The number of benzene rings is 1. The van der Waals surface area contributed by atoms with Crippen molar-refractivity contribution >= 4 is 17.5 Å². The van der Waals surface area contributed by atoms with E-state index in [1.807, 2.05) is 26.0 Å². The number of nitrogens with zero attached hydrogens (tertiary/aromatic N) is 1. The monoisotopic (exact) mass is 321 g/mol. The zero-order valence-electron chi connectivity index (χ0n) is 12.7. The molecule has 1 aromatic heterocycles. The molecule has 0 spiro atoms. The van der Waals surface area contributed by atoms with Crippen molar-refractivity contribution in [3.63, 3.8) is 0 Å². The number of halogens is 1.